The predicted molar refractivity (Wildman–Crippen MR) is 123 cm³/mol. The molecule has 1 aliphatic heterocycles. The number of carbonyl (C=O) groups excluding carboxylic acids is 2. The van der Waals surface area contributed by atoms with Gasteiger partial charge in [-0.3, -0.25) is 9.69 Å². The maximum Gasteiger partial charge on any atom is 0.325 e. The Morgan fingerprint density at radius 1 is 1.19 bits per heavy atom. The summed E-state index contributed by atoms with van der Waals surface area (Å²) in [5.41, 5.74) is 0.734. The van der Waals surface area contributed by atoms with E-state index in [0.29, 0.717) is 29.1 Å². The molecule has 4 rings (SSSR count). The van der Waals surface area contributed by atoms with Gasteiger partial charge in [0.15, 0.2) is 0 Å². The molecule has 1 fully saturated rings. The molecule has 2 aromatic heterocycles. The number of hydrogen-bond donors (Lipinski definition) is 2. The number of urea groups is 1. The third kappa shape index (κ3) is 4.78. The van der Waals surface area contributed by atoms with Gasteiger partial charge in [-0.15, -0.1) is 11.3 Å². The number of halogens is 2. The number of amides is 3. The molecule has 32 heavy (non-hydrogen) atoms. The van der Waals surface area contributed by atoms with Crippen LogP contribution >= 0.6 is 27.3 Å². The lowest BCUT2D eigenvalue weighted by Gasteiger charge is -2.16. The minimum Gasteiger partial charge on any atom is -0.352 e. The summed E-state index contributed by atoms with van der Waals surface area (Å²) in [4.78, 5) is 39.7. The van der Waals surface area contributed by atoms with E-state index in [1.165, 1.54) is 28.4 Å². The Labute approximate surface area is 196 Å². The van der Waals surface area contributed by atoms with Crippen LogP contribution in [0.3, 0.4) is 0 Å². The van der Waals surface area contributed by atoms with Crippen molar-refractivity contribution in [3.63, 3.8) is 0 Å². The largest absolute Gasteiger partial charge is 0.352 e. The molecule has 0 radical (unpaired) electrons. The van der Waals surface area contributed by atoms with Crippen LogP contribution in [-0.2, 0) is 11.2 Å². The first-order chi connectivity index (χ1) is 15.2. The number of anilines is 1. The van der Waals surface area contributed by atoms with Gasteiger partial charge in [-0.25, -0.2) is 24.1 Å². The van der Waals surface area contributed by atoms with E-state index in [2.05, 4.69) is 41.5 Å². The Kier molecular flexibility index (Phi) is 6.20. The molecule has 1 saturated heterocycles. The second-order valence-electron chi connectivity index (χ2n) is 7.76. The summed E-state index contributed by atoms with van der Waals surface area (Å²) < 4.78 is 13.8. The summed E-state index contributed by atoms with van der Waals surface area (Å²) in [6, 6.07) is 5.98. The van der Waals surface area contributed by atoms with Crippen LogP contribution in [-0.4, -0.2) is 50.4 Å². The zero-order valence-electron chi connectivity index (χ0n) is 17.4. The molecular weight excluding hydrogens is 499 g/mol. The van der Waals surface area contributed by atoms with Crippen molar-refractivity contribution < 1.29 is 14.0 Å². The molecule has 166 valence electrons. The second kappa shape index (κ2) is 8.91. The summed E-state index contributed by atoms with van der Waals surface area (Å²) in [5.74, 6) is -0.162. The number of nitrogens with zero attached hydrogens (tertiary/aromatic N) is 4. The molecule has 0 saturated carbocycles. The fourth-order valence-corrected chi connectivity index (χ4v) is 4.67. The van der Waals surface area contributed by atoms with Crippen molar-refractivity contribution in [1.29, 1.82) is 0 Å². The van der Waals surface area contributed by atoms with E-state index in [1.54, 1.807) is 38.4 Å². The molecule has 1 aromatic carbocycles. The number of nitrogens with one attached hydrogen (secondary N) is 2. The van der Waals surface area contributed by atoms with Gasteiger partial charge in [0.25, 0.3) is 5.91 Å². The van der Waals surface area contributed by atoms with Crippen molar-refractivity contribution in [2.75, 3.05) is 18.4 Å². The van der Waals surface area contributed by atoms with Crippen LogP contribution in [0.1, 0.15) is 24.3 Å². The second-order valence-corrected chi connectivity index (χ2v) is 9.73. The van der Waals surface area contributed by atoms with Crippen molar-refractivity contribution in [3.8, 4) is 10.7 Å². The van der Waals surface area contributed by atoms with E-state index in [0.717, 1.165) is 15.4 Å². The lowest BCUT2D eigenvalue weighted by atomic mass is 10.1. The summed E-state index contributed by atoms with van der Waals surface area (Å²) in [6.07, 6.45) is 4.06. The highest BCUT2D eigenvalue weighted by Gasteiger charge is 2.43. The summed E-state index contributed by atoms with van der Waals surface area (Å²) in [7, 11) is 0. The van der Waals surface area contributed by atoms with Crippen LogP contribution in [0.15, 0.2) is 41.1 Å². The third-order valence-corrected chi connectivity index (χ3v) is 6.44. The molecule has 0 aliphatic carbocycles. The van der Waals surface area contributed by atoms with Gasteiger partial charge in [0.1, 0.15) is 22.1 Å². The average molecular weight is 519 g/mol. The zero-order valence-corrected chi connectivity index (χ0v) is 19.8. The number of imide groups is 1. The smallest absolute Gasteiger partial charge is 0.325 e. The van der Waals surface area contributed by atoms with E-state index >= 15 is 0 Å². The maximum atomic E-state index is 13.1. The van der Waals surface area contributed by atoms with Crippen molar-refractivity contribution in [2.45, 2.75) is 25.8 Å². The minimum atomic E-state index is -0.894. The van der Waals surface area contributed by atoms with Crippen LogP contribution in [0.5, 0.6) is 0 Å². The Morgan fingerprint density at radius 2 is 1.94 bits per heavy atom. The van der Waals surface area contributed by atoms with Gasteiger partial charge in [-0.2, -0.15) is 0 Å². The lowest BCUT2D eigenvalue weighted by Crippen LogP contribution is -2.40. The molecule has 2 N–H and O–H groups in total. The first-order valence-corrected chi connectivity index (χ1v) is 11.4. The molecule has 0 atom stereocenters. The Bertz CT molecular complexity index is 1170. The van der Waals surface area contributed by atoms with Crippen LogP contribution in [0.25, 0.3) is 10.7 Å². The summed E-state index contributed by atoms with van der Waals surface area (Å²) in [6.45, 7) is 3.85. The van der Waals surface area contributed by atoms with Crippen LogP contribution in [0, 0.1) is 5.82 Å². The van der Waals surface area contributed by atoms with Gasteiger partial charge >= 0.3 is 6.03 Å². The molecule has 3 heterocycles. The summed E-state index contributed by atoms with van der Waals surface area (Å²) in [5, 5.41) is 6.42. The van der Waals surface area contributed by atoms with E-state index < -0.39 is 11.6 Å². The fraction of sp³-hybridized carbons (Fsp3) is 0.286. The molecular formula is C21H20BrFN6O2S. The van der Waals surface area contributed by atoms with Crippen LogP contribution in [0.2, 0.25) is 0 Å². The number of hydrogen-bond acceptors (Lipinski definition) is 7. The van der Waals surface area contributed by atoms with Gasteiger partial charge in [-0.05, 0) is 47.5 Å². The van der Waals surface area contributed by atoms with Crippen molar-refractivity contribution in [2.24, 2.45) is 0 Å². The molecule has 0 unspecified atom stereocenters. The van der Waals surface area contributed by atoms with Crippen LogP contribution < -0.4 is 10.6 Å². The molecule has 8 nitrogen and oxygen atoms in total. The topological polar surface area (TPSA) is 100 Å². The quantitative estimate of drug-likeness (QED) is 0.461. The highest BCUT2D eigenvalue weighted by molar-refractivity contribution is 9.10. The van der Waals surface area contributed by atoms with Crippen molar-refractivity contribution in [3.05, 3.63) is 57.4 Å². The first kappa shape index (κ1) is 22.3. The van der Waals surface area contributed by atoms with Gasteiger partial charge in [0.2, 0.25) is 5.95 Å². The first-order valence-electron chi connectivity index (χ1n) is 9.83. The number of carbonyl (C=O) groups is 2. The van der Waals surface area contributed by atoms with Crippen LogP contribution in [0.4, 0.5) is 15.1 Å². The molecule has 0 spiro atoms. The molecule has 3 amide bonds. The van der Waals surface area contributed by atoms with Gasteiger partial charge in [0, 0.05) is 36.8 Å². The molecule has 1 aliphatic rings. The monoisotopic (exact) mass is 518 g/mol. The van der Waals surface area contributed by atoms with E-state index in [4.69, 9.17) is 0 Å². The van der Waals surface area contributed by atoms with Crippen molar-refractivity contribution in [1.82, 2.24) is 25.2 Å². The van der Waals surface area contributed by atoms with E-state index in [-0.39, 0.29) is 18.3 Å². The third-order valence-electron chi connectivity index (χ3n) is 4.85. The maximum absolute atomic E-state index is 13.1. The minimum absolute atomic E-state index is 0.196. The normalized spacial score (nSPS) is 15.2. The number of thiazole rings is 1. The Hall–Kier alpha value is -2.92. The zero-order chi connectivity index (χ0) is 22.9. The predicted octanol–water partition coefficient (Wildman–Crippen LogP) is 3.83. The molecule has 3 aromatic rings. The molecule has 11 heteroatoms. The lowest BCUT2D eigenvalue weighted by molar-refractivity contribution is -0.130. The fourth-order valence-electron chi connectivity index (χ4n) is 3.20. The van der Waals surface area contributed by atoms with E-state index in [1.807, 2.05) is 0 Å². The van der Waals surface area contributed by atoms with Gasteiger partial charge in [-0.1, -0.05) is 12.1 Å². The average Bonchev–Trinajstić information content (AvgIpc) is 3.28. The molecule has 0 bridgehead atoms. The van der Waals surface area contributed by atoms with Gasteiger partial charge in [0.05, 0.1) is 4.47 Å². The Morgan fingerprint density at radius 3 is 2.62 bits per heavy atom. The highest BCUT2D eigenvalue weighted by Crippen LogP contribution is 2.31. The number of aromatic nitrogens is 3. The standard InChI is InChI=1S/C21H20BrFN6O2S/c1-21(2)18(30)29(20(31)28-21)8-7-24-19-26-11-15(22)16(27-19)17-25-10-14(32-17)9-12-3-5-13(23)6-4-12/h3-6,10-11H,7-9H2,1-2H3,(H,28,31)(H,24,26,27). The number of benzene rings is 1. The SMILES string of the molecule is CC1(C)NC(=O)N(CCNc2ncc(Br)c(-c3ncc(Cc4ccc(F)cc4)s3)n2)C1=O. The van der Waals surface area contributed by atoms with Gasteiger partial charge < -0.3 is 10.6 Å². The number of rotatable bonds is 7. The Balaban J connectivity index is 1.42. The summed E-state index contributed by atoms with van der Waals surface area (Å²) >= 11 is 4.96. The van der Waals surface area contributed by atoms with Crippen molar-refractivity contribution >= 4 is 45.2 Å². The van der Waals surface area contributed by atoms with E-state index in [9.17, 15) is 14.0 Å². The highest BCUT2D eigenvalue weighted by atomic mass is 79.9.